The number of thiophene rings is 1. The summed E-state index contributed by atoms with van der Waals surface area (Å²) in [7, 11) is 0. The molecule has 0 radical (unpaired) electrons. The molecule has 0 fully saturated rings. The molecule has 0 aliphatic carbocycles. The Morgan fingerprint density at radius 1 is 0.488 bits per heavy atom. The van der Waals surface area contributed by atoms with E-state index in [9.17, 15) is 0 Å². The Morgan fingerprint density at radius 2 is 1.17 bits per heavy atom. The topological polar surface area (TPSA) is 3.24 Å². The Labute approximate surface area is 243 Å². The summed E-state index contributed by atoms with van der Waals surface area (Å²) in [4.78, 5) is 2.39. The molecule has 8 aromatic rings. The van der Waals surface area contributed by atoms with Crippen LogP contribution in [0.25, 0.3) is 52.8 Å². The lowest BCUT2D eigenvalue weighted by Crippen LogP contribution is -2.10. The van der Waals surface area contributed by atoms with Crippen molar-refractivity contribution in [1.29, 1.82) is 0 Å². The van der Waals surface area contributed by atoms with Gasteiger partial charge in [-0.2, -0.15) is 0 Å². The van der Waals surface area contributed by atoms with Crippen molar-refractivity contribution in [3.63, 3.8) is 0 Å². The van der Waals surface area contributed by atoms with E-state index in [1.165, 1.54) is 58.4 Å². The highest BCUT2D eigenvalue weighted by atomic mass is 32.1. The van der Waals surface area contributed by atoms with E-state index in [4.69, 9.17) is 0 Å². The van der Waals surface area contributed by atoms with E-state index in [1.54, 1.807) is 0 Å². The van der Waals surface area contributed by atoms with Crippen LogP contribution in [0.5, 0.6) is 0 Å². The van der Waals surface area contributed by atoms with Crippen LogP contribution in [0.2, 0.25) is 0 Å². The van der Waals surface area contributed by atoms with Gasteiger partial charge in [-0.1, -0.05) is 121 Å². The van der Waals surface area contributed by atoms with E-state index in [-0.39, 0.29) is 0 Å². The van der Waals surface area contributed by atoms with Crippen molar-refractivity contribution < 1.29 is 0 Å². The number of anilines is 3. The van der Waals surface area contributed by atoms with Gasteiger partial charge >= 0.3 is 0 Å². The highest BCUT2D eigenvalue weighted by molar-refractivity contribution is 7.27. The number of hydrogen-bond donors (Lipinski definition) is 0. The molecule has 0 spiro atoms. The van der Waals surface area contributed by atoms with Crippen LogP contribution in [0.15, 0.2) is 146 Å². The van der Waals surface area contributed by atoms with Gasteiger partial charge < -0.3 is 4.90 Å². The third-order valence-electron chi connectivity index (χ3n) is 8.08. The highest BCUT2D eigenvalue weighted by Crippen LogP contribution is 2.47. The number of hydrogen-bond acceptors (Lipinski definition) is 2. The van der Waals surface area contributed by atoms with Crippen molar-refractivity contribution in [2.24, 2.45) is 0 Å². The minimum absolute atomic E-state index is 1.14. The van der Waals surface area contributed by atoms with Gasteiger partial charge in [0, 0.05) is 42.5 Å². The summed E-state index contributed by atoms with van der Waals surface area (Å²) in [5.41, 5.74) is 7.17. The molecule has 0 unspecified atom stereocenters. The van der Waals surface area contributed by atoms with Crippen LogP contribution in [0.1, 0.15) is 5.56 Å². The van der Waals surface area contributed by atoms with Gasteiger partial charge in [-0.15, -0.1) is 11.3 Å². The number of aryl methyl sites for hydroxylation is 1. The van der Waals surface area contributed by atoms with Gasteiger partial charge in [-0.3, -0.25) is 0 Å². The smallest absolute Gasteiger partial charge is 0.0540 e. The van der Waals surface area contributed by atoms with Crippen molar-refractivity contribution >= 4 is 70.1 Å². The molecule has 0 saturated heterocycles. The van der Waals surface area contributed by atoms with Gasteiger partial charge in [0.25, 0.3) is 0 Å². The zero-order valence-corrected chi connectivity index (χ0v) is 23.5. The lowest BCUT2D eigenvalue weighted by atomic mass is 9.96. The lowest BCUT2D eigenvalue weighted by molar-refractivity contribution is 1.29. The largest absolute Gasteiger partial charge is 0.310 e. The minimum Gasteiger partial charge on any atom is -0.310 e. The second-order valence-corrected chi connectivity index (χ2v) is 11.7. The Kier molecular flexibility index (Phi) is 5.61. The molecule has 0 amide bonds. The quantitative estimate of drug-likeness (QED) is 0.200. The van der Waals surface area contributed by atoms with Crippen molar-refractivity contribution in [1.82, 2.24) is 0 Å². The first-order valence-electron chi connectivity index (χ1n) is 14.0. The maximum Gasteiger partial charge on any atom is 0.0540 e. The van der Waals surface area contributed by atoms with E-state index in [1.807, 2.05) is 11.3 Å². The zero-order valence-electron chi connectivity index (χ0n) is 22.7. The summed E-state index contributed by atoms with van der Waals surface area (Å²) in [6, 6.07) is 52.8. The summed E-state index contributed by atoms with van der Waals surface area (Å²) in [5.74, 6) is 0. The van der Waals surface area contributed by atoms with E-state index in [0.717, 1.165) is 17.1 Å². The second-order valence-electron chi connectivity index (χ2n) is 10.6. The maximum absolute atomic E-state index is 2.39. The van der Waals surface area contributed by atoms with Crippen LogP contribution in [-0.4, -0.2) is 0 Å². The number of benzene rings is 7. The zero-order chi connectivity index (χ0) is 27.3. The van der Waals surface area contributed by atoms with E-state index in [0.29, 0.717) is 0 Å². The molecule has 0 N–H and O–H groups in total. The van der Waals surface area contributed by atoms with Crippen LogP contribution in [0.3, 0.4) is 0 Å². The van der Waals surface area contributed by atoms with E-state index < -0.39 is 0 Å². The number of fused-ring (bicyclic) bond motifs is 8. The molecule has 1 aromatic heterocycles. The fraction of sp³-hybridized carbons (Fsp3) is 0.0256. The second kappa shape index (κ2) is 9.62. The third-order valence-corrected chi connectivity index (χ3v) is 9.27. The van der Waals surface area contributed by atoms with Gasteiger partial charge in [0.1, 0.15) is 0 Å². The molecular weight excluding hydrogens is 515 g/mol. The molecule has 1 heterocycles. The van der Waals surface area contributed by atoms with Crippen molar-refractivity contribution in [3.05, 3.63) is 151 Å². The first kappa shape index (κ1) is 23.9. The van der Waals surface area contributed by atoms with Gasteiger partial charge in [-0.05, 0) is 59.0 Å². The Balaban J connectivity index is 1.41. The van der Waals surface area contributed by atoms with Crippen LogP contribution in [-0.2, 0) is 0 Å². The van der Waals surface area contributed by atoms with Gasteiger partial charge in [0.05, 0.1) is 5.69 Å². The van der Waals surface area contributed by atoms with Crippen LogP contribution in [0, 0.1) is 6.92 Å². The third kappa shape index (κ3) is 3.91. The molecule has 0 bridgehead atoms. The Bertz CT molecular complexity index is 2210. The normalized spacial score (nSPS) is 11.5. The minimum atomic E-state index is 1.14. The summed E-state index contributed by atoms with van der Waals surface area (Å²) >= 11 is 1.91. The number of rotatable bonds is 4. The predicted octanol–water partition coefficient (Wildman–Crippen LogP) is 11.8. The van der Waals surface area contributed by atoms with Crippen LogP contribution < -0.4 is 4.90 Å². The SMILES string of the molecule is Cc1ccc2c(c1)c1ccccc1c1c3ccc(N(c4ccccc4)c4ccccc4-c4ccccc4)cc3sc21. The molecule has 2 heteroatoms. The Hall–Kier alpha value is -4.92. The first-order valence-corrected chi connectivity index (χ1v) is 14.8. The van der Waals surface area contributed by atoms with Crippen molar-refractivity contribution in [2.45, 2.75) is 6.92 Å². The summed E-state index contributed by atoms with van der Waals surface area (Å²) in [5, 5.41) is 8.00. The number of nitrogens with zero attached hydrogens (tertiary/aromatic N) is 1. The molecule has 0 saturated carbocycles. The molecule has 41 heavy (non-hydrogen) atoms. The number of para-hydroxylation sites is 2. The predicted molar refractivity (Wildman–Crippen MR) is 179 cm³/mol. The average Bonchev–Trinajstić information content (AvgIpc) is 3.42. The fourth-order valence-electron chi connectivity index (χ4n) is 6.23. The molecular formula is C39H27NS. The highest BCUT2D eigenvalue weighted by Gasteiger charge is 2.19. The standard InChI is InChI=1S/C39H27NS/c1-26-20-22-33-35(24-26)31-17-8-9-18-32(31)38-34-23-21-29(25-37(34)41-39(33)38)40(28-14-6-3-7-15-28)36-19-11-10-16-30(36)27-12-4-2-5-13-27/h2-25H,1H3. The van der Waals surface area contributed by atoms with Crippen LogP contribution in [0.4, 0.5) is 17.1 Å². The molecule has 0 atom stereocenters. The lowest BCUT2D eigenvalue weighted by Gasteiger charge is -2.28. The summed E-state index contributed by atoms with van der Waals surface area (Å²) < 4.78 is 2.66. The van der Waals surface area contributed by atoms with Gasteiger partial charge in [0.2, 0.25) is 0 Å². The van der Waals surface area contributed by atoms with Crippen molar-refractivity contribution in [2.75, 3.05) is 4.90 Å². The first-order chi connectivity index (χ1) is 20.3. The fourth-order valence-corrected chi connectivity index (χ4v) is 7.52. The summed E-state index contributed by atoms with van der Waals surface area (Å²) in [6.45, 7) is 2.18. The van der Waals surface area contributed by atoms with Crippen molar-refractivity contribution in [3.8, 4) is 11.1 Å². The van der Waals surface area contributed by atoms with Crippen LogP contribution >= 0.6 is 11.3 Å². The van der Waals surface area contributed by atoms with E-state index >= 15 is 0 Å². The molecule has 0 aliphatic rings. The molecule has 7 aromatic carbocycles. The average molecular weight is 542 g/mol. The molecule has 0 aliphatic heterocycles. The van der Waals surface area contributed by atoms with Gasteiger partial charge in [0.15, 0.2) is 0 Å². The maximum atomic E-state index is 2.39. The molecule has 1 nitrogen and oxygen atoms in total. The van der Waals surface area contributed by atoms with Gasteiger partial charge in [-0.25, -0.2) is 0 Å². The molecule has 8 rings (SSSR count). The van der Waals surface area contributed by atoms with E-state index in [2.05, 4.69) is 157 Å². The monoisotopic (exact) mass is 541 g/mol. The Morgan fingerprint density at radius 3 is 2.00 bits per heavy atom. The summed E-state index contributed by atoms with van der Waals surface area (Å²) in [6.07, 6.45) is 0. The molecule has 194 valence electrons.